The van der Waals surface area contributed by atoms with Crippen LogP contribution in [0.2, 0.25) is 0 Å². The van der Waals surface area contributed by atoms with Crippen LogP contribution in [0, 0.1) is 17.8 Å². The van der Waals surface area contributed by atoms with Crippen molar-refractivity contribution in [3.8, 4) is 0 Å². The Morgan fingerprint density at radius 1 is 1.25 bits per heavy atom. The molecule has 2 N–H and O–H groups in total. The Balaban J connectivity index is 2.19. The lowest BCUT2D eigenvalue weighted by Crippen LogP contribution is -2.25. The highest BCUT2D eigenvalue weighted by molar-refractivity contribution is 5.77. The number of hydrogen-bond donors (Lipinski definition) is 1. The van der Waals surface area contributed by atoms with Gasteiger partial charge in [-0.1, -0.05) is 24.3 Å². The molecule has 3 atom stereocenters. The SMILES string of the molecule is NC(=O)C1CC2C=CC=CC1C2. The Hall–Kier alpha value is -1.05. The predicted octanol–water partition coefficient (Wildman–Crippen LogP) is 1.24. The lowest BCUT2D eigenvalue weighted by atomic mass is 9.95. The molecular weight excluding hydrogens is 150 g/mol. The zero-order valence-electron chi connectivity index (χ0n) is 6.94. The highest BCUT2D eigenvalue weighted by atomic mass is 16.1. The molecular formula is C10H13NO. The summed E-state index contributed by atoms with van der Waals surface area (Å²) in [4.78, 5) is 11.0. The van der Waals surface area contributed by atoms with Crippen LogP contribution in [0.25, 0.3) is 0 Å². The first-order valence-electron chi connectivity index (χ1n) is 4.41. The third-order valence-corrected chi connectivity index (χ3v) is 2.87. The van der Waals surface area contributed by atoms with Crippen LogP contribution < -0.4 is 5.73 Å². The number of hydrogen-bond acceptors (Lipinski definition) is 1. The topological polar surface area (TPSA) is 43.1 Å². The quantitative estimate of drug-likeness (QED) is 0.621. The molecule has 1 saturated carbocycles. The fourth-order valence-corrected chi connectivity index (χ4v) is 2.24. The van der Waals surface area contributed by atoms with Crippen LogP contribution in [0.1, 0.15) is 12.8 Å². The van der Waals surface area contributed by atoms with Gasteiger partial charge in [0.15, 0.2) is 0 Å². The molecule has 64 valence electrons. The van der Waals surface area contributed by atoms with E-state index in [1.165, 1.54) is 0 Å². The Bertz CT molecular complexity index is 255. The predicted molar refractivity (Wildman–Crippen MR) is 47.2 cm³/mol. The Morgan fingerprint density at radius 2 is 2.00 bits per heavy atom. The zero-order valence-corrected chi connectivity index (χ0v) is 6.94. The normalized spacial score (nSPS) is 38.2. The van der Waals surface area contributed by atoms with Gasteiger partial charge >= 0.3 is 0 Å². The van der Waals surface area contributed by atoms with E-state index in [4.69, 9.17) is 5.73 Å². The first-order valence-corrected chi connectivity index (χ1v) is 4.41. The van der Waals surface area contributed by atoms with E-state index in [-0.39, 0.29) is 11.8 Å². The fraction of sp³-hybridized carbons (Fsp3) is 0.500. The molecule has 0 spiro atoms. The summed E-state index contributed by atoms with van der Waals surface area (Å²) in [5, 5.41) is 0. The van der Waals surface area contributed by atoms with E-state index in [9.17, 15) is 4.79 Å². The van der Waals surface area contributed by atoms with Gasteiger partial charge in [-0.05, 0) is 24.7 Å². The Labute approximate surface area is 72.1 Å². The van der Waals surface area contributed by atoms with Gasteiger partial charge in [-0.25, -0.2) is 0 Å². The third kappa shape index (κ3) is 1.17. The maximum Gasteiger partial charge on any atom is 0.221 e. The molecule has 3 unspecified atom stereocenters. The molecule has 2 aliphatic carbocycles. The number of nitrogens with two attached hydrogens (primary N) is 1. The molecule has 0 aromatic heterocycles. The molecule has 2 bridgehead atoms. The van der Waals surface area contributed by atoms with E-state index in [1.807, 2.05) is 6.08 Å². The van der Waals surface area contributed by atoms with Gasteiger partial charge < -0.3 is 5.73 Å². The summed E-state index contributed by atoms with van der Waals surface area (Å²) in [5.74, 6) is 0.906. The zero-order chi connectivity index (χ0) is 8.55. The van der Waals surface area contributed by atoms with Crippen molar-refractivity contribution in [3.05, 3.63) is 24.3 Å². The minimum atomic E-state index is -0.137. The standard InChI is InChI=1S/C10H13NO/c11-10(12)9-6-7-3-1-2-4-8(9)5-7/h1-4,7-9H,5-6H2,(H2,11,12). The van der Waals surface area contributed by atoms with Crippen LogP contribution >= 0.6 is 0 Å². The molecule has 0 aromatic rings. The summed E-state index contributed by atoms with van der Waals surface area (Å²) in [6.45, 7) is 0. The largest absolute Gasteiger partial charge is 0.369 e. The highest BCUT2D eigenvalue weighted by Gasteiger charge is 2.35. The van der Waals surface area contributed by atoms with Crippen LogP contribution in [-0.2, 0) is 4.79 Å². The minimum absolute atomic E-state index is 0.0798. The second-order valence-electron chi connectivity index (χ2n) is 3.67. The van der Waals surface area contributed by atoms with Gasteiger partial charge in [0.2, 0.25) is 5.91 Å². The van der Waals surface area contributed by atoms with Gasteiger partial charge in [0, 0.05) is 5.92 Å². The van der Waals surface area contributed by atoms with Crippen molar-refractivity contribution in [3.63, 3.8) is 0 Å². The van der Waals surface area contributed by atoms with E-state index in [2.05, 4.69) is 18.2 Å². The molecule has 12 heavy (non-hydrogen) atoms. The van der Waals surface area contributed by atoms with E-state index in [0.29, 0.717) is 11.8 Å². The van der Waals surface area contributed by atoms with Crippen molar-refractivity contribution >= 4 is 5.91 Å². The van der Waals surface area contributed by atoms with E-state index in [1.54, 1.807) is 0 Å². The second-order valence-corrected chi connectivity index (χ2v) is 3.67. The fourth-order valence-electron chi connectivity index (χ4n) is 2.24. The molecule has 2 nitrogen and oxygen atoms in total. The van der Waals surface area contributed by atoms with Crippen molar-refractivity contribution in [1.29, 1.82) is 0 Å². The van der Waals surface area contributed by atoms with Gasteiger partial charge in [0.05, 0.1) is 0 Å². The van der Waals surface area contributed by atoms with Crippen molar-refractivity contribution in [2.75, 3.05) is 0 Å². The lowest BCUT2D eigenvalue weighted by Gasteiger charge is -2.11. The van der Waals surface area contributed by atoms with Gasteiger partial charge in [0.25, 0.3) is 0 Å². The maximum atomic E-state index is 11.0. The minimum Gasteiger partial charge on any atom is -0.369 e. The molecule has 0 heterocycles. The first-order chi connectivity index (χ1) is 5.77. The van der Waals surface area contributed by atoms with Crippen LogP contribution in [-0.4, -0.2) is 5.91 Å². The lowest BCUT2D eigenvalue weighted by molar-refractivity contribution is -0.122. The van der Waals surface area contributed by atoms with Gasteiger partial charge in [-0.3, -0.25) is 4.79 Å². The number of amides is 1. The van der Waals surface area contributed by atoms with Gasteiger partial charge in [0.1, 0.15) is 0 Å². The number of allylic oxidation sites excluding steroid dienone is 4. The van der Waals surface area contributed by atoms with E-state index in [0.717, 1.165) is 12.8 Å². The average Bonchev–Trinajstić information content (AvgIpc) is 2.23. The number of rotatable bonds is 1. The maximum absolute atomic E-state index is 11.0. The van der Waals surface area contributed by atoms with Crippen LogP contribution in [0.3, 0.4) is 0 Å². The van der Waals surface area contributed by atoms with Crippen molar-refractivity contribution in [2.45, 2.75) is 12.8 Å². The number of primary amides is 1. The average molecular weight is 163 g/mol. The van der Waals surface area contributed by atoms with Crippen LogP contribution in [0.15, 0.2) is 24.3 Å². The summed E-state index contributed by atoms with van der Waals surface area (Å²) in [6, 6.07) is 0. The number of carbonyl (C=O) groups is 1. The smallest absolute Gasteiger partial charge is 0.221 e. The van der Waals surface area contributed by atoms with Crippen molar-refractivity contribution in [2.24, 2.45) is 23.5 Å². The van der Waals surface area contributed by atoms with Crippen molar-refractivity contribution in [1.82, 2.24) is 0 Å². The second kappa shape index (κ2) is 2.77. The summed E-state index contributed by atoms with van der Waals surface area (Å²) in [7, 11) is 0. The van der Waals surface area contributed by atoms with E-state index >= 15 is 0 Å². The van der Waals surface area contributed by atoms with Crippen LogP contribution in [0.4, 0.5) is 0 Å². The molecule has 2 heteroatoms. The summed E-state index contributed by atoms with van der Waals surface area (Å²) < 4.78 is 0. The molecule has 0 aliphatic heterocycles. The van der Waals surface area contributed by atoms with Gasteiger partial charge in [-0.2, -0.15) is 0 Å². The molecule has 0 aromatic carbocycles. The molecule has 1 amide bonds. The Kier molecular flexibility index (Phi) is 1.75. The van der Waals surface area contributed by atoms with Crippen molar-refractivity contribution < 1.29 is 4.79 Å². The number of fused-ring (bicyclic) bond motifs is 2. The first kappa shape index (κ1) is 7.59. The number of carbonyl (C=O) groups excluding carboxylic acids is 1. The molecule has 2 rings (SSSR count). The summed E-state index contributed by atoms with van der Waals surface area (Å²) >= 11 is 0. The molecule has 0 saturated heterocycles. The summed E-state index contributed by atoms with van der Waals surface area (Å²) in [6.07, 6.45) is 10.4. The molecule has 2 aliphatic rings. The Morgan fingerprint density at radius 3 is 2.75 bits per heavy atom. The highest BCUT2D eigenvalue weighted by Crippen LogP contribution is 2.39. The third-order valence-electron chi connectivity index (χ3n) is 2.87. The molecule has 1 fully saturated rings. The van der Waals surface area contributed by atoms with E-state index < -0.39 is 0 Å². The van der Waals surface area contributed by atoms with Crippen LogP contribution in [0.5, 0.6) is 0 Å². The van der Waals surface area contributed by atoms with Gasteiger partial charge in [-0.15, -0.1) is 0 Å². The molecule has 0 radical (unpaired) electrons. The monoisotopic (exact) mass is 163 g/mol. The summed E-state index contributed by atoms with van der Waals surface area (Å²) in [5.41, 5.74) is 5.31.